The van der Waals surface area contributed by atoms with Crippen molar-refractivity contribution in [3.05, 3.63) is 35.9 Å². The third-order valence-corrected chi connectivity index (χ3v) is 4.76. The third kappa shape index (κ3) is 6.78. The molecule has 118 valence electrons. The second-order valence-electron chi connectivity index (χ2n) is 5.24. The summed E-state index contributed by atoms with van der Waals surface area (Å²) in [5.74, 6) is 2.81. The van der Waals surface area contributed by atoms with Crippen molar-refractivity contribution >= 4 is 40.7 Å². The summed E-state index contributed by atoms with van der Waals surface area (Å²) in [5, 5.41) is 6.58. The smallest absolute Gasteiger partial charge is 0.191 e. The molecule has 0 bridgehead atoms. The SMILES string of the molecule is CN=C(NCCS(=O)Cc1ccccc1)NC1CC1C.I. The van der Waals surface area contributed by atoms with Gasteiger partial charge in [0.05, 0.1) is 0 Å². The zero-order valence-electron chi connectivity index (χ0n) is 12.5. The van der Waals surface area contributed by atoms with E-state index in [-0.39, 0.29) is 24.0 Å². The summed E-state index contributed by atoms with van der Waals surface area (Å²) in [6, 6.07) is 10.5. The first kappa shape index (κ1) is 18.4. The molecule has 0 amide bonds. The highest BCUT2D eigenvalue weighted by atomic mass is 127. The Bertz CT molecular complexity index is 481. The third-order valence-electron chi connectivity index (χ3n) is 3.45. The molecule has 1 aliphatic rings. The van der Waals surface area contributed by atoms with Crippen LogP contribution in [0, 0.1) is 5.92 Å². The summed E-state index contributed by atoms with van der Waals surface area (Å²) in [7, 11) is 0.928. The van der Waals surface area contributed by atoms with Gasteiger partial charge in [0.1, 0.15) is 0 Å². The van der Waals surface area contributed by atoms with Gasteiger partial charge in [-0.05, 0) is 17.9 Å². The normalized spacial score (nSPS) is 22.1. The molecule has 3 unspecified atom stereocenters. The van der Waals surface area contributed by atoms with Gasteiger partial charge >= 0.3 is 0 Å². The molecule has 2 rings (SSSR count). The summed E-state index contributed by atoms with van der Waals surface area (Å²) >= 11 is 0. The molecule has 1 saturated carbocycles. The molecule has 0 saturated heterocycles. The van der Waals surface area contributed by atoms with Crippen molar-refractivity contribution < 1.29 is 4.21 Å². The minimum atomic E-state index is -0.839. The van der Waals surface area contributed by atoms with Crippen LogP contribution in [-0.2, 0) is 16.6 Å². The lowest BCUT2D eigenvalue weighted by atomic mass is 10.2. The Balaban J connectivity index is 0.00000220. The van der Waals surface area contributed by atoms with E-state index in [9.17, 15) is 4.21 Å². The van der Waals surface area contributed by atoms with Crippen molar-refractivity contribution in [1.82, 2.24) is 10.6 Å². The molecule has 0 radical (unpaired) electrons. The second-order valence-corrected chi connectivity index (χ2v) is 6.81. The van der Waals surface area contributed by atoms with E-state index in [0.717, 1.165) is 17.4 Å². The first-order valence-electron chi connectivity index (χ1n) is 7.05. The van der Waals surface area contributed by atoms with Crippen LogP contribution in [-0.4, -0.2) is 35.6 Å². The Morgan fingerprint density at radius 1 is 1.38 bits per heavy atom. The second kappa shape index (κ2) is 9.40. The van der Waals surface area contributed by atoms with Gasteiger partial charge in [-0.15, -0.1) is 24.0 Å². The van der Waals surface area contributed by atoms with Gasteiger partial charge in [0.15, 0.2) is 5.96 Å². The maximum Gasteiger partial charge on any atom is 0.191 e. The van der Waals surface area contributed by atoms with E-state index in [1.807, 2.05) is 30.3 Å². The molecule has 0 aliphatic heterocycles. The molecule has 0 spiro atoms. The molecular formula is C15H24IN3OS. The molecule has 1 aromatic rings. The van der Waals surface area contributed by atoms with Gasteiger partial charge in [-0.25, -0.2) is 0 Å². The van der Waals surface area contributed by atoms with Crippen LogP contribution in [0.5, 0.6) is 0 Å². The summed E-state index contributed by atoms with van der Waals surface area (Å²) in [5.41, 5.74) is 1.13. The van der Waals surface area contributed by atoms with Crippen LogP contribution in [0.15, 0.2) is 35.3 Å². The highest BCUT2D eigenvalue weighted by molar-refractivity contribution is 14.0. The van der Waals surface area contributed by atoms with Crippen LogP contribution in [0.3, 0.4) is 0 Å². The number of nitrogens with one attached hydrogen (secondary N) is 2. The highest BCUT2D eigenvalue weighted by Gasteiger charge is 2.33. The van der Waals surface area contributed by atoms with Crippen molar-refractivity contribution in [3.63, 3.8) is 0 Å². The summed E-state index contributed by atoms with van der Waals surface area (Å²) < 4.78 is 12.0. The number of hydrogen-bond acceptors (Lipinski definition) is 2. The molecular weight excluding hydrogens is 397 g/mol. The summed E-state index contributed by atoms with van der Waals surface area (Å²) in [6.45, 7) is 2.90. The van der Waals surface area contributed by atoms with Crippen LogP contribution in [0.2, 0.25) is 0 Å². The van der Waals surface area contributed by atoms with E-state index in [2.05, 4.69) is 22.5 Å². The number of hydrogen-bond donors (Lipinski definition) is 2. The van der Waals surface area contributed by atoms with E-state index >= 15 is 0 Å². The molecule has 0 aromatic heterocycles. The van der Waals surface area contributed by atoms with E-state index in [4.69, 9.17) is 0 Å². The van der Waals surface area contributed by atoms with Crippen LogP contribution in [0.25, 0.3) is 0 Å². The fourth-order valence-corrected chi connectivity index (χ4v) is 3.05. The van der Waals surface area contributed by atoms with Crippen LogP contribution < -0.4 is 10.6 Å². The lowest BCUT2D eigenvalue weighted by Gasteiger charge is -2.11. The molecule has 4 nitrogen and oxygen atoms in total. The summed E-state index contributed by atoms with van der Waals surface area (Å²) in [6.07, 6.45) is 1.21. The van der Waals surface area contributed by atoms with Crippen molar-refractivity contribution in [2.24, 2.45) is 10.9 Å². The minimum absolute atomic E-state index is 0. The Hall–Kier alpha value is -0.630. The van der Waals surface area contributed by atoms with Gasteiger partial charge < -0.3 is 10.6 Å². The maximum absolute atomic E-state index is 12.0. The van der Waals surface area contributed by atoms with Crippen molar-refractivity contribution in [2.45, 2.75) is 25.1 Å². The van der Waals surface area contributed by atoms with E-state index < -0.39 is 10.8 Å². The van der Waals surface area contributed by atoms with Gasteiger partial charge in [0.2, 0.25) is 0 Å². The zero-order valence-corrected chi connectivity index (χ0v) is 15.7. The lowest BCUT2D eigenvalue weighted by molar-refractivity contribution is 0.680. The number of benzene rings is 1. The van der Waals surface area contributed by atoms with Gasteiger partial charge in [-0.2, -0.15) is 0 Å². The Morgan fingerprint density at radius 3 is 2.62 bits per heavy atom. The monoisotopic (exact) mass is 421 g/mol. The zero-order chi connectivity index (χ0) is 14.4. The standard InChI is InChI=1S/C15H23N3OS.HI/c1-12-10-14(12)18-15(16-2)17-8-9-20(19)11-13-6-4-3-5-7-13;/h3-7,12,14H,8-11H2,1-2H3,(H2,16,17,18);1H. The number of aliphatic imine (C=N–C) groups is 1. The Morgan fingerprint density at radius 2 is 2.05 bits per heavy atom. The number of halogens is 1. The molecule has 3 atom stereocenters. The molecule has 2 N–H and O–H groups in total. The average Bonchev–Trinajstić information content (AvgIpc) is 3.14. The van der Waals surface area contributed by atoms with E-state index in [1.165, 1.54) is 6.42 Å². The Labute approximate surface area is 146 Å². The molecule has 21 heavy (non-hydrogen) atoms. The van der Waals surface area contributed by atoms with Crippen LogP contribution in [0.1, 0.15) is 18.9 Å². The van der Waals surface area contributed by atoms with Gasteiger partial charge in [0, 0.05) is 41.9 Å². The molecule has 0 heterocycles. The van der Waals surface area contributed by atoms with Crippen molar-refractivity contribution in [1.29, 1.82) is 0 Å². The highest BCUT2D eigenvalue weighted by Crippen LogP contribution is 2.28. The molecule has 1 aliphatic carbocycles. The number of guanidine groups is 1. The fourth-order valence-electron chi connectivity index (χ4n) is 2.01. The first-order valence-corrected chi connectivity index (χ1v) is 8.54. The van der Waals surface area contributed by atoms with Gasteiger partial charge in [0.25, 0.3) is 0 Å². The number of rotatable bonds is 6. The molecule has 1 aromatic carbocycles. The lowest BCUT2D eigenvalue weighted by Crippen LogP contribution is -2.40. The Kier molecular flexibility index (Phi) is 8.24. The van der Waals surface area contributed by atoms with Crippen LogP contribution in [0.4, 0.5) is 0 Å². The van der Waals surface area contributed by atoms with Crippen molar-refractivity contribution in [3.8, 4) is 0 Å². The molecule has 6 heteroatoms. The number of nitrogens with zero attached hydrogens (tertiary/aromatic N) is 1. The maximum atomic E-state index is 12.0. The van der Waals surface area contributed by atoms with Gasteiger partial charge in [-0.1, -0.05) is 37.3 Å². The topological polar surface area (TPSA) is 53.5 Å². The quantitative estimate of drug-likeness (QED) is 0.421. The predicted octanol–water partition coefficient (Wildman–Crippen LogP) is 2.13. The van der Waals surface area contributed by atoms with Crippen molar-refractivity contribution in [2.75, 3.05) is 19.3 Å². The van der Waals surface area contributed by atoms with E-state index in [1.54, 1.807) is 7.05 Å². The van der Waals surface area contributed by atoms with Crippen LogP contribution >= 0.6 is 24.0 Å². The molecule has 1 fully saturated rings. The average molecular weight is 421 g/mol. The predicted molar refractivity (Wildman–Crippen MR) is 101 cm³/mol. The minimum Gasteiger partial charge on any atom is -0.355 e. The largest absolute Gasteiger partial charge is 0.355 e. The first-order chi connectivity index (χ1) is 9.69. The summed E-state index contributed by atoms with van der Waals surface area (Å²) in [4.78, 5) is 4.18. The van der Waals surface area contributed by atoms with Gasteiger partial charge in [-0.3, -0.25) is 9.20 Å². The van der Waals surface area contributed by atoms with E-state index in [0.29, 0.717) is 24.1 Å². The fraction of sp³-hybridized carbons (Fsp3) is 0.533.